The first-order valence-corrected chi connectivity index (χ1v) is 12.3. The Hall–Kier alpha value is -4.34. The summed E-state index contributed by atoms with van der Waals surface area (Å²) in [6, 6.07) is 20.0. The maximum Gasteiger partial charge on any atom is 0.270 e. The molecule has 0 aliphatic rings. The molecular formula is C27H28N6O2S. The molecule has 3 aromatic rings. The minimum atomic E-state index is -0.676. The van der Waals surface area contributed by atoms with Gasteiger partial charge in [-0.1, -0.05) is 24.3 Å². The maximum atomic E-state index is 12.9. The largest absolute Gasteiger partial charge is 0.374 e. The van der Waals surface area contributed by atoms with Gasteiger partial charge in [-0.2, -0.15) is 10.5 Å². The number of rotatable bonds is 9. The van der Waals surface area contributed by atoms with Crippen LogP contribution in [-0.2, 0) is 17.8 Å². The van der Waals surface area contributed by atoms with Crippen molar-refractivity contribution in [2.24, 2.45) is 0 Å². The highest BCUT2D eigenvalue weighted by Gasteiger charge is 2.14. The first kappa shape index (κ1) is 26.3. The lowest BCUT2D eigenvalue weighted by Gasteiger charge is -2.20. The molecule has 0 unspecified atom stereocenters. The molecule has 0 aliphatic carbocycles. The fourth-order valence-electron chi connectivity index (χ4n) is 3.65. The quantitative estimate of drug-likeness (QED) is 0.435. The van der Waals surface area contributed by atoms with Gasteiger partial charge < -0.3 is 15.5 Å². The van der Waals surface area contributed by atoms with Crippen LogP contribution in [0.15, 0.2) is 53.3 Å². The lowest BCUT2D eigenvalue weighted by atomic mass is 10.1. The zero-order valence-electron chi connectivity index (χ0n) is 20.5. The monoisotopic (exact) mass is 500 g/mol. The van der Waals surface area contributed by atoms with Crippen LogP contribution in [0.4, 0.5) is 11.4 Å². The van der Waals surface area contributed by atoms with Gasteiger partial charge in [0, 0.05) is 37.7 Å². The Morgan fingerprint density at radius 3 is 2.67 bits per heavy atom. The Morgan fingerprint density at radius 1 is 1.19 bits per heavy atom. The predicted octanol–water partition coefficient (Wildman–Crippen LogP) is 2.08. The van der Waals surface area contributed by atoms with Crippen LogP contribution in [0.3, 0.4) is 0 Å². The van der Waals surface area contributed by atoms with Gasteiger partial charge in [0.2, 0.25) is 0 Å². The number of aryl methyl sites for hydroxylation is 1. The number of thiazole rings is 1. The van der Waals surface area contributed by atoms with E-state index in [0.29, 0.717) is 11.1 Å². The van der Waals surface area contributed by atoms with Crippen molar-refractivity contribution < 1.29 is 4.79 Å². The van der Waals surface area contributed by atoms with Gasteiger partial charge in [-0.15, -0.1) is 11.3 Å². The zero-order valence-corrected chi connectivity index (χ0v) is 21.4. The number of aromatic nitrogens is 1. The second kappa shape index (κ2) is 12.4. The molecule has 0 saturated heterocycles. The first-order chi connectivity index (χ1) is 17.4. The van der Waals surface area contributed by atoms with Gasteiger partial charge in [0.15, 0.2) is 5.57 Å². The van der Waals surface area contributed by atoms with Gasteiger partial charge in [0.05, 0.1) is 6.07 Å². The van der Waals surface area contributed by atoms with Crippen molar-refractivity contribution in [1.82, 2.24) is 9.88 Å². The molecule has 0 bridgehead atoms. The molecule has 0 radical (unpaired) electrons. The van der Waals surface area contributed by atoms with E-state index in [1.54, 1.807) is 19.2 Å². The van der Waals surface area contributed by atoms with E-state index in [2.05, 4.69) is 59.8 Å². The molecule has 8 nitrogen and oxygen atoms in total. The lowest BCUT2D eigenvalue weighted by Crippen LogP contribution is -2.34. The van der Waals surface area contributed by atoms with Crippen LogP contribution >= 0.6 is 11.3 Å². The SMILES string of the molecule is CCn1c(=C(C#N)C(=O)NCC#N)sc(=CNc2cccc(CCN(C)c3cccc(C)c3)c2)c1=O. The molecule has 1 heterocycles. The molecule has 3 rings (SSSR count). The molecule has 0 spiro atoms. The second-order valence-electron chi connectivity index (χ2n) is 8.15. The number of likely N-dealkylation sites (N-methyl/N-ethyl adjacent to an activating group) is 1. The van der Waals surface area contributed by atoms with Crippen LogP contribution in [0, 0.1) is 29.6 Å². The third-order valence-electron chi connectivity index (χ3n) is 5.58. The van der Waals surface area contributed by atoms with Crippen molar-refractivity contribution >= 4 is 40.4 Å². The highest BCUT2D eigenvalue weighted by molar-refractivity contribution is 7.07. The normalized spacial score (nSPS) is 11.9. The Kier molecular flexibility index (Phi) is 9.04. The summed E-state index contributed by atoms with van der Waals surface area (Å²) in [6.45, 7) is 4.79. The molecule has 0 saturated carbocycles. The molecule has 0 atom stereocenters. The van der Waals surface area contributed by atoms with Crippen LogP contribution in [0.1, 0.15) is 18.1 Å². The summed E-state index contributed by atoms with van der Waals surface area (Å²) in [5.74, 6) is -0.676. The summed E-state index contributed by atoms with van der Waals surface area (Å²) >= 11 is 1.06. The fourth-order valence-corrected chi connectivity index (χ4v) is 4.74. The smallest absolute Gasteiger partial charge is 0.270 e. The first-order valence-electron chi connectivity index (χ1n) is 11.5. The number of nitriles is 2. The Morgan fingerprint density at radius 2 is 1.97 bits per heavy atom. The average molecular weight is 501 g/mol. The summed E-state index contributed by atoms with van der Waals surface area (Å²) in [5, 5.41) is 23.7. The predicted molar refractivity (Wildman–Crippen MR) is 144 cm³/mol. The number of nitrogens with zero attached hydrogens (tertiary/aromatic N) is 4. The highest BCUT2D eigenvalue weighted by Crippen LogP contribution is 2.16. The van der Waals surface area contributed by atoms with E-state index in [1.807, 2.05) is 24.3 Å². The van der Waals surface area contributed by atoms with E-state index in [1.165, 1.54) is 15.8 Å². The van der Waals surface area contributed by atoms with E-state index < -0.39 is 5.91 Å². The van der Waals surface area contributed by atoms with Gasteiger partial charge in [0.1, 0.15) is 21.8 Å². The maximum absolute atomic E-state index is 12.9. The number of hydrogen-bond donors (Lipinski definition) is 2. The Labute approximate surface area is 214 Å². The van der Waals surface area contributed by atoms with Gasteiger partial charge in [0.25, 0.3) is 11.5 Å². The molecule has 0 fully saturated rings. The van der Waals surface area contributed by atoms with E-state index in [9.17, 15) is 14.9 Å². The number of amides is 1. The fraction of sp³-hybridized carbons (Fsp3) is 0.259. The van der Waals surface area contributed by atoms with Gasteiger partial charge >= 0.3 is 0 Å². The lowest BCUT2D eigenvalue weighted by molar-refractivity contribution is -0.115. The van der Waals surface area contributed by atoms with Crippen molar-refractivity contribution in [2.45, 2.75) is 26.8 Å². The molecule has 1 amide bonds. The number of carbonyl (C=O) groups excluding carboxylic acids is 1. The summed E-state index contributed by atoms with van der Waals surface area (Å²) in [6.07, 6.45) is 2.45. The van der Waals surface area contributed by atoms with Crippen molar-refractivity contribution in [3.63, 3.8) is 0 Å². The molecule has 2 aromatic carbocycles. The van der Waals surface area contributed by atoms with Crippen LogP contribution in [-0.4, -0.2) is 30.6 Å². The average Bonchev–Trinajstić information content (AvgIpc) is 3.20. The van der Waals surface area contributed by atoms with Crippen molar-refractivity contribution in [3.8, 4) is 12.1 Å². The number of anilines is 2. The minimum absolute atomic E-state index is 0.187. The number of nitrogens with one attached hydrogen (secondary N) is 2. The number of hydrogen-bond acceptors (Lipinski definition) is 7. The molecule has 1 aromatic heterocycles. The van der Waals surface area contributed by atoms with E-state index in [4.69, 9.17) is 5.26 Å². The van der Waals surface area contributed by atoms with Crippen LogP contribution < -0.4 is 30.3 Å². The zero-order chi connectivity index (χ0) is 26.1. The van der Waals surface area contributed by atoms with Crippen molar-refractivity contribution in [3.05, 3.63) is 79.2 Å². The summed E-state index contributed by atoms with van der Waals surface area (Å²) in [7, 11) is 2.07. The molecule has 184 valence electrons. The van der Waals surface area contributed by atoms with E-state index >= 15 is 0 Å². The molecule has 36 heavy (non-hydrogen) atoms. The molecule has 2 N–H and O–H groups in total. The number of carbonyl (C=O) groups is 1. The van der Waals surface area contributed by atoms with Crippen LogP contribution in [0.25, 0.3) is 11.8 Å². The third-order valence-corrected chi connectivity index (χ3v) is 6.71. The summed E-state index contributed by atoms with van der Waals surface area (Å²) < 4.78 is 2.03. The summed E-state index contributed by atoms with van der Waals surface area (Å²) in [4.78, 5) is 27.4. The van der Waals surface area contributed by atoms with Crippen molar-refractivity contribution in [2.75, 3.05) is 30.4 Å². The Bertz CT molecular complexity index is 1510. The van der Waals surface area contributed by atoms with Gasteiger partial charge in [-0.05, 0) is 55.7 Å². The standard InChI is InChI=1S/C27H28N6O2S/c1-4-33-26(35)24(36-27(33)23(17-29)25(34)30-13-12-28)18-31-21-9-6-8-20(16-21)11-14-32(3)22-10-5-7-19(2)15-22/h5-10,15-16,18,31H,4,11,13-14H2,1-3H3,(H,30,34). The number of benzene rings is 2. The summed E-state index contributed by atoms with van der Waals surface area (Å²) in [5.41, 5.74) is 3.91. The minimum Gasteiger partial charge on any atom is -0.374 e. The van der Waals surface area contributed by atoms with Crippen LogP contribution in [0.5, 0.6) is 0 Å². The van der Waals surface area contributed by atoms with Crippen LogP contribution in [0.2, 0.25) is 0 Å². The van der Waals surface area contributed by atoms with Crippen molar-refractivity contribution in [1.29, 1.82) is 10.5 Å². The third kappa shape index (κ3) is 6.41. The van der Waals surface area contributed by atoms with E-state index in [-0.39, 0.29) is 22.3 Å². The molecular weight excluding hydrogens is 472 g/mol. The van der Waals surface area contributed by atoms with Gasteiger partial charge in [-0.3, -0.25) is 14.2 Å². The Balaban J connectivity index is 1.81. The molecule has 9 heteroatoms. The molecule has 0 aliphatic heterocycles. The highest BCUT2D eigenvalue weighted by atomic mass is 32.1. The van der Waals surface area contributed by atoms with E-state index in [0.717, 1.165) is 35.6 Å². The second-order valence-corrected chi connectivity index (χ2v) is 9.18. The van der Waals surface area contributed by atoms with Gasteiger partial charge in [-0.25, -0.2) is 0 Å². The topological polar surface area (TPSA) is 114 Å².